The molecule has 1 atom stereocenters. The Bertz CT molecular complexity index is 367. The molecular formula is C13H15NS. The molecule has 0 aliphatic carbocycles. The molecule has 1 unspecified atom stereocenters. The van der Waals surface area contributed by atoms with Crippen LogP contribution in [0.4, 0.5) is 0 Å². The minimum atomic E-state index is 0.437. The highest BCUT2D eigenvalue weighted by Crippen LogP contribution is 2.34. The second-order valence-electron chi connectivity index (χ2n) is 3.67. The Morgan fingerprint density at radius 1 is 1.47 bits per heavy atom. The lowest BCUT2D eigenvalue weighted by Crippen LogP contribution is -2.21. The first-order chi connectivity index (χ1) is 7.42. The second kappa shape index (κ2) is 5.25. The van der Waals surface area contributed by atoms with Gasteiger partial charge >= 0.3 is 0 Å². The molecule has 0 amide bonds. The van der Waals surface area contributed by atoms with Crippen molar-refractivity contribution in [1.82, 2.24) is 5.32 Å². The summed E-state index contributed by atoms with van der Waals surface area (Å²) >= 11 is 1.96. The van der Waals surface area contributed by atoms with Crippen molar-refractivity contribution in [3.8, 4) is 12.3 Å². The van der Waals surface area contributed by atoms with E-state index in [0.29, 0.717) is 12.6 Å². The predicted molar refractivity (Wildman–Crippen MR) is 66.0 cm³/mol. The molecule has 0 saturated carbocycles. The van der Waals surface area contributed by atoms with Crippen molar-refractivity contribution < 1.29 is 0 Å². The van der Waals surface area contributed by atoms with Crippen LogP contribution < -0.4 is 5.32 Å². The SMILES string of the molecule is C#CCNC1CCCSc2ccccc21. The third kappa shape index (κ3) is 2.56. The van der Waals surface area contributed by atoms with Gasteiger partial charge in [0.1, 0.15) is 0 Å². The quantitative estimate of drug-likeness (QED) is 0.765. The van der Waals surface area contributed by atoms with Gasteiger partial charge in [-0.3, -0.25) is 5.32 Å². The maximum Gasteiger partial charge on any atom is 0.0578 e. The van der Waals surface area contributed by atoms with E-state index >= 15 is 0 Å². The standard InChI is InChI=1S/C13H15NS/c1-2-9-14-12-7-5-10-15-13-8-4-3-6-11(12)13/h1,3-4,6,8,12,14H,5,7,9-10H2. The first kappa shape index (κ1) is 10.6. The van der Waals surface area contributed by atoms with Gasteiger partial charge in [0.15, 0.2) is 0 Å². The number of rotatable bonds is 2. The summed E-state index contributed by atoms with van der Waals surface area (Å²) in [5, 5.41) is 3.42. The predicted octanol–water partition coefficient (Wildman–Crippen LogP) is 2.84. The number of thioether (sulfide) groups is 1. The summed E-state index contributed by atoms with van der Waals surface area (Å²) in [5.74, 6) is 3.86. The summed E-state index contributed by atoms with van der Waals surface area (Å²) in [7, 11) is 0. The summed E-state index contributed by atoms with van der Waals surface area (Å²) in [6.45, 7) is 0.656. The van der Waals surface area contributed by atoms with Crippen molar-refractivity contribution in [2.24, 2.45) is 0 Å². The smallest absolute Gasteiger partial charge is 0.0578 e. The van der Waals surface area contributed by atoms with Crippen LogP contribution in [-0.4, -0.2) is 12.3 Å². The minimum Gasteiger partial charge on any atom is -0.299 e. The van der Waals surface area contributed by atoms with Crippen LogP contribution in [0.5, 0.6) is 0 Å². The summed E-state index contributed by atoms with van der Waals surface area (Å²) in [5.41, 5.74) is 1.41. The van der Waals surface area contributed by atoms with E-state index < -0.39 is 0 Å². The van der Waals surface area contributed by atoms with Crippen LogP contribution in [0.15, 0.2) is 29.2 Å². The van der Waals surface area contributed by atoms with Crippen molar-refractivity contribution in [2.45, 2.75) is 23.8 Å². The van der Waals surface area contributed by atoms with E-state index in [-0.39, 0.29) is 0 Å². The van der Waals surface area contributed by atoms with E-state index in [2.05, 4.69) is 35.5 Å². The zero-order valence-corrected chi connectivity index (χ0v) is 9.52. The molecule has 0 bridgehead atoms. The van der Waals surface area contributed by atoms with Gasteiger partial charge in [-0.25, -0.2) is 0 Å². The first-order valence-electron chi connectivity index (χ1n) is 5.30. The van der Waals surface area contributed by atoms with Gasteiger partial charge in [-0.1, -0.05) is 24.1 Å². The van der Waals surface area contributed by atoms with E-state index in [1.807, 2.05) is 11.8 Å². The maximum absolute atomic E-state index is 5.29. The maximum atomic E-state index is 5.29. The average Bonchev–Trinajstić information content (AvgIpc) is 2.49. The summed E-state index contributed by atoms with van der Waals surface area (Å²) < 4.78 is 0. The molecule has 1 aromatic carbocycles. The summed E-state index contributed by atoms with van der Waals surface area (Å²) in [6.07, 6.45) is 7.72. The van der Waals surface area contributed by atoms with E-state index in [9.17, 15) is 0 Å². The lowest BCUT2D eigenvalue weighted by molar-refractivity contribution is 0.523. The molecule has 2 rings (SSSR count). The van der Waals surface area contributed by atoms with E-state index in [1.165, 1.54) is 29.1 Å². The van der Waals surface area contributed by atoms with Crippen LogP contribution in [-0.2, 0) is 0 Å². The third-order valence-electron chi connectivity index (χ3n) is 2.64. The van der Waals surface area contributed by atoms with Gasteiger partial charge in [0.25, 0.3) is 0 Å². The Morgan fingerprint density at radius 3 is 3.20 bits per heavy atom. The van der Waals surface area contributed by atoms with Crippen LogP contribution in [0.1, 0.15) is 24.4 Å². The van der Waals surface area contributed by atoms with Gasteiger partial charge in [0.2, 0.25) is 0 Å². The molecule has 78 valence electrons. The fourth-order valence-corrected chi connectivity index (χ4v) is 3.00. The Morgan fingerprint density at radius 2 is 2.33 bits per heavy atom. The fraction of sp³-hybridized carbons (Fsp3) is 0.385. The van der Waals surface area contributed by atoms with Gasteiger partial charge < -0.3 is 0 Å². The van der Waals surface area contributed by atoms with Gasteiger partial charge in [-0.15, -0.1) is 18.2 Å². The molecule has 1 N–H and O–H groups in total. The van der Waals surface area contributed by atoms with Crippen LogP contribution >= 0.6 is 11.8 Å². The highest BCUT2D eigenvalue weighted by atomic mass is 32.2. The number of benzene rings is 1. The van der Waals surface area contributed by atoms with Gasteiger partial charge in [-0.2, -0.15) is 0 Å². The zero-order chi connectivity index (χ0) is 10.5. The van der Waals surface area contributed by atoms with Gasteiger partial charge in [0.05, 0.1) is 6.54 Å². The molecule has 1 aliphatic heterocycles. The molecule has 0 aromatic heterocycles. The lowest BCUT2D eigenvalue weighted by Gasteiger charge is -2.17. The number of nitrogens with one attached hydrogen (secondary N) is 1. The van der Waals surface area contributed by atoms with Gasteiger partial charge in [0, 0.05) is 10.9 Å². The number of terminal acetylenes is 1. The molecule has 1 heterocycles. The Labute approximate surface area is 95.7 Å². The molecule has 1 aromatic rings. The summed E-state index contributed by atoms with van der Waals surface area (Å²) in [6, 6.07) is 9.06. The molecule has 15 heavy (non-hydrogen) atoms. The van der Waals surface area contributed by atoms with Crippen LogP contribution in [0.2, 0.25) is 0 Å². The molecule has 1 nitrogen and oxygen atoms in total. The van der Waals surface area contributed by atoms with Crippen LogP contribution in [0, 0.1) is 12.3 Å². The van der Waals surface area contributed by atoms with Gasteiger partial charge in [-0.05, 0) is 30.2 Å². The second-order valence-corrected chi connectivity index (χ2v) is 4.80. The highest BCUT2D eigenvalue weighted by Gasteiger charge is 2.17. The first-order valence-corrected chi connectivity index (χ1v) is 6.29. The topological polar surface area (TPSA) is 12.0 Å². The monoisotopic (exact) mass is 217 g/mol. The Balaban J connectivity index is 2.21. The average molecular weight is 217 g/mol. The lowest BCUT2D eigenvalue weighted by atomic mass is 10.0. The van der Waals surface area contributed by atoms with Crippen molar-refractivity contribution >= 4 is 11.8 Å². The largest absolute Gasteiger partial charge is 0.299 e. The fourth-order valence-electron chi connectivity index (χ4n) is 1.92. The minimum absolute atomic E-state index is 0.437. The Kier molecular flexibility index (Phi) is 3.71. The van der Waals surface area contributed by atoms with Crippen LogP contribution in [0.25, 0.3) is 0 Å². The Hall–Kier alpha value is -0.910. The highest BCUT2D eigenvalue weighted by molar-refractivity contribution is 7.99. The zero-order valence-electron chi connectivity index (χ0n) is 8.70. The third-order valence-corrected chi connectivity index (χ3v) is 3.82. The summed E-state index contributed by atoms with van der Waals surface area (Å²) in [4.78, 5) is 1.41. The molecule has 0 fully saturated rings. The molecule has 0 spiro atoms. The molecule has 0 saturated heterocycles. The van der Waals surface area contributed by atoms with E-state index in [0.717, 1.165) is 0 Å². The molecule has 1 aliphatic rings. The van der Waals surface area contributed by atoms with Crippen molar-refractivity contribution in [3.05, 3.63) is 29.8 Å². The van der Waals surface area contributed by atoms with Crippen molar-refractivity contribution in [1.29, 1.82) is 0 Å². The van der Waals surface area contributed by atoms with E-state index in [4.69, 9.17) is 6.42 Å². The number of fused-ring (bicyclic) bond motifs is 1. The van der Waals surface area contributed by atoms with E-state index in [1.54, 1.807) is 0 Å². The normalized spacial score (nSPS) is 20.1. The molecule has 0 radical (unpaired) electrons. The number of hydrogen-bond donors (Lipinski definition) is 1. The van der Waals surface area contributed by atoms with Crippen molar-refractivity contribution in [2.75, 3.05) is 12.3 Å². The molecular weight excluding hydrogens is 202 g/mol. The number of hydrogen-bond acceptors (Lipinski definition) is 2. The molecule has 2 heteroatoms. The van der Waals surface area contributed by atoms with Crippen molar-refractivity contribution in [3.63, 3.8) is 0 Å². The van der Waals surface area contributed by atoms with Crippen LogP contribution in [0.3, 0.4) is 0 Å².